The number of fused-ring (bicyclic) bond motifs is 1. The summed E-state index contributed by atoms with van der Waals surface area (Å²) in [6.45, 7) is 4.53. The fourth-order valence-electron chi connectivity index (χ4n) is 4.15. The second-order valence-electron chi connectivity index (χ2n) is 8.07. The summed E-state index contributed by atoms with van der Waals surface area (Å²) in [4.78, 5) is 20.7. The SMILES string of the molecule is C=C1Nc2ncnn2C(c2ccc(OCc3ccccc3)c(OC)c2)C1C(=O)Nc1ccc[nH+]c1. The predicted molar refractivity (Wildman–Crippen MR) is 130 cm³/mol. The molecule has 0 spiro atoms. The lowest BCUT2D eigenvalue weighted by Crippen LogP contribution is -2.39. The Labute approximate surface area is 202 Å². The van der Waals surface area contributed by atoms with Crippen molar-refractivity contribution in [3.8, 4) is 11.5 Å². The Morgan fingerprint density at radius 2 is 2.03 bits per heavy atom. The second kappa shape index (κ2) is 9.68. The van der Waals surface area contributed by atoms with Gasteiger partial charge >= 0.3 is 0 Å². The van der Waals surface area contributed by atoms with E-state index >= 15 is 0 Å². The van der Waals surface area contributed by atoms with Crippen LogP contribution in [-0.2, 0) is 11.4 Å². The zero-order chi connectivity index (χ0) is 24.2. The van der Waals surface area contributed by atoms with E-state index < -0.39 is 12.0 Å². The molecule has 1 aliphatic rings. The number of rotatable bonds is 7. The molecule has 1 amide bonds. The molecule has 3 heterocycles. The zero-order valence-electron chi connectivity index (χ0n) is 19.1. The first-order valence-electron chi connectivity index (χ1n) is 11.1. The molecule has 2 unspecified atom stereocenters. The predicted octanol–water partition coefficient (Wildman–Crippen LogP) is 3.46. The minimum absolute atomic E-state index is 0.225. The first-order valence-corrected chi connectivity index (χ1v) is 11.1. The number of pyridine rings is 1. The Hall–Kier alpha value is -4.66. The highest BCUT2D eigenvalue weighted by atomic mass is 16.5. The van der Waals surface area contributed by atoms with Crippen LogP contribution in [0.3, 0.4) is 0 Å². The fourth-order valence-corrected chi connectivity index (χ4v) is 4.15. The van der Waals surface area contributed by atoms with Gasteiger partial charge in [0, 0.05) is 11.8 Å². The number of carbonyl (C=O) groups is 1. The molecule has 4 aromatic rings. The molecule has 2 aromatic carbocycles. The van der Waals surface area contributed by atoms with Crippen LogP contribution in [0.25, 0.3) is 0 Å². The van der Waals surface area contributed by atoms with E-state index in [1.165, 1.54) is 6.33 Å². The number of aromatic amines is 1. The molecule has 9 heteroatoms. The Morgan fingerprint density at radius 3 is 2.80 bits per heavy atom. The fraction of sp³-hybridized carbons (Fsp3) is 0.154. The molecule has 1 aliphatic heterocycles. The number of nitrogens with one attached hydrogen (secondary N) is 3. The van der Waals surface area contributed by atoms with Gasteiger partial charge in [-0.15, -0.1) is 0 Å². The summed E-state index contributed by atoms with van der Waals surface area (Å²) in [6, 6.07) is 18.7. The number of benzene rings is 2. The normalized spacial score (nSPS) is 16.7. The van der Waals surface area contributed by atoms with Gasteiger partial charge in [-0.3, -0.25) is 4.79 Å². The van der Waals surface area contributed by atoms with Gasteiger partial charge in [-0.2, -0.15) is 10.1 Å². The third kappa shape index (κ3) is 4.56. The van der Waals surface area contributed by atoms with Crippen LogP contribution in [-0.4, -0.2) is 27.8 Å². The van der Waals surface area contributed by atoms with Crippen molar-refractivity contribution < 1.29 is 19.3 Å². The summed E-state index contributed by atoms with van der Waals surface area (Å²) < 4.78 is 13.3. The zero-order valence-corrected chi connectivity index (χ0v) is 19.1. The smallest absolute Gasteiger partial charge is 0.236 e. The van der Waals surface area contributed by atoms with E-state index in [1.807, 2.05) is 60.7 Å². The number of carbonyl (C=O) groups excluding carboxylic acids is 1. The van der Waals surface area contributed by atoms with E-state index in [0.717, 1.165) is 11.1 Å². The van der Waals surface area contributed by atoms with Gasteiger partial charge in [0.1, 0.15) is 24.5 Å². The van der Waals surface area contributed by atoms with E-state index in [2.05, 4.69) is 32.3 Å². The van der Waals surface area contributed by atoms with Crippen molar-refractivity contribution in [3.05, 3.63) is 103 Å². The molecule has 0 aliphatic carbocycles. The van der Waals surface area contributed by atoms with Crippen molar-refractivity contribution in [1.29, 1.82) is 0 Å². The molecule has 176 valence electrons. The molecule has 0 saturated heterocycles. The lowest BCUT2D eigenvalue weighted by Gasteiger charge is -2.33. The summed E-state index contributed by atoms with van der Waals surface area (Å²) in [5.41, 5.74) is 3.03. The minimum atomic E-state index is -0.662. The monoisotopic (exact) mass is 469 g/mol. The molecule has 0 radical (unpaired) electrons. The van der Waals surface area contributed by atoms with Crippen LogP contribution in [0.15, 0.2) is 91.7 Å². The van der Waals surface area contributed by atoms with Gasteiger partial charge in [-0.25, -0.2) is 9.67 Å². The van der Waals surface area contributed by atoms with Crippen LogP contribution < -0.4 is 25.1 Å². The summed E-state index contributed by atoms with van der Waals surface area (Å²) in [6.07, 6.45) is 4.94. The van der Waals surface area contributed by atoms with E-state index in [4.69, 9.17) is 9.47 Å². The summed E-state index contributed by atoms with van der Waals surface area (Å²) in [5, 5.41) is 10.4. The van der Waals surface area contributed by atoms with Gasteiger partial charge in [0.05, 0.1) is 13.2 Å². The summed E-state index contributed by atoms with van der Waals surface area (Å²) >= 11 is 0. The average Bonchev–Trinajstić information content (AvgIpc) is 3.35. The molecule has 0 saturated carbocycles. The maximum atomic E-state index is 13.4. The standard InChI is InChI=1S/C26H24N6O3/c1-17-23(25(33)31-20-9-6-12-27-14-20)24(32-26(30-17)28-16-29-32)19-10-11-21(22(13-19)34-2)35-15-18-7-4-3-5-8-18/h3-14,16,23-24H,1,15H2,2H3,(H,31,33)(H,28,29,30)/p+1. The van der Waals surface area contributed by atoms with Gasteiger partial charge in [0.25, 0.3) is 0 Å². The molecular formula is C26H25N6O3+. The molecule has 0 bridgehead atoms. The highest BCUT2D eigenvalue weighted by molar-refractivity contribution is 5.95. The molecule has 5 rings (SSSR count). The van der Waals surface area contributed by atoms with Gasteiger partial charge < -0.3 is 20.1 Å². The van der Waals surface area contributed by atoms with Crippen molar-refractivity contribution in [1.82, 2.24) is 14.8 Å². The van der Waals surface area contributed by atoms with Gasteiger partial charge in [0.15, 0.2) is 23.9 Å². The number of methoxy groups -OCH3 is 1. The van der Waals surface area contributed by atoms with Gasteiger partial charge in [-0.1, -0.05) is 43.0 Å². The first kappa shape index (κ1) is 22.1. The highest BCUT2D eigenvalue weighted by Crippen LogP contribution is 2.40. The molecule has 2 atom stereocenters. The average molecular weight is 470 g/mol. The number of H-pyrrole nitrogens is 1. The van der Waals surface area contributed by atoms with Crippen molar-refractivity contribution in [2.75, 3.05) is 17.7 Å². The van der Waals surface area contributed by atoms with Crippen molar-refractivity contribution in [2.24, 2.45) is 5.92 Å². The third-order valence-electron chi connectivity index (χ3n) is 5.82. The Kier molecular flexibility index (Phi) is 6.13. The number of nitrogens with zero attached hydrogens (tertiary/aromatic N) is 3. The van der Waals surface area contributed by atoms with Crippen LogP contribution in [0.4, 0.5) is 11.6 Å². The molecule has 3 N–H and O–H groups in total. The van der Waals surface area contributed by atoms with Crippen LogP contribution >= 0.6 is 0 Å². The molecular weight excluding hydrogens is 444 g/mol. The second-order valence-corrected chi connectivity index (χ2v) is 8.07. The molecule has 9 nitrogen and oxygen atoms in total. The number of amides is 1. The Bertz CT molecular complexity index is 1340. The first-order chi connectivity index (χ1) is 17.1. The molecule has 35 heavy (non-hydrogen) atoms. The maximum Gasteiger partial charge on any atom is 0.236 e. The summed E-state index contributed by atoms with van der Waals surface area (Å²) in [5.74, 6) is 0.788. The van der Waals surface area contributed by atoms with E-state index in [0.29, 0.717) is 35.4 Å². The van der Waals surface area contributed by atoms with Crippen molar-refractivity contribution in [3.63, 3.8) is 0 Å². The van der Waals surface area contributed by atoms with Crippen molar-refractivity contribution >= 4 is 17.5 Å². The van der Waals surface area contributed by atoms with Crippen LogP contribution in [0.2, 0.25) is 0 Å². The topological polar surface area (TPSA) is 104 Å². The van der Waals surface area contributed by atoms with E-state index in [1.54, 1.807) is 24.2 Å². The number of hydrogen-bond acceptors (Lipinski definition) is 6. The van der Waals surface area contributed by atoms with Crippen LogP contribution in [0.5, 0.6) is 11.5 Å². The van der Waals surface area contributed by atoms with Gasteiger partial charge in [0.2, 0.25) is 11.9 Å². The van der Waals surface area contributed by atoms with Crippen LogP contribution in [0, 0.1) is 5.92 Å². The number of anilines is 2. The quantitative estimate of drug-likeness (QED) is 0.430. The van der Waals surface area contributed by atoms with E-state index in [-0.39, 0.29) is 5.91 Å². The van der Waals surface area contributed by atoms with Crippen LogP contribution in [0.1, 0.15) is 17.2 Å². The largest absolute Gasteiger partial charge is 0.493 e. The van der Waals surface area contributed by atoms with Gasteiger partial charge in [-0.05, 0) is 29.3 Å². The van der Waals surface area contributed by atoms with Crippen molar-refractivity contribution in [2.45, 2.75) is 12.6 Å². The number of hydrogen-bond donors (Lipinski definition) is 2. The number of ether oxygens (including phenoxy) is 2. The minimum Gasteiger partial charge on any atom is -0.493 e. The Balaban J connectivity index is 1.47. The third-order valence-corrected chi connectivity index (χ3v) is 5.82. The lowest BCUT2D eigenvalue weighted by molar-refractivity contribution is -0.377. The van der Waals surface area contributed by atoms with E-state index in [9.17, 15) is 4.79 Å². The number of aromatic nitrogens is 4. The highest BCUT2D eigenvalue weighted by Gasteiger charge is 2.40. The molecule has 2 aromatic heterocycles. The lowest BCUT2D eigenvalue weighted by atomic mass is 9.88. The Morgan fingerprint density at radius 1 is 1.17 bits per heavy atom. The maximum absolute atomic E-state index is 13.4. The molecule has 0 fully saturated rings. The summed E-state index contributed by atoms with van der Waals surface area (Å²) in [7, 11) is 1.59.